The highest BCUT2D eigenvalue weighted by atomic mass is 35.5. The van der Waals surface area contributed by atoms with Crippen molar-refractivity contribution in [3.63, 3.8) is 0 Å². The summed E-state index contributed by atoms with van der Waals surface area (Å²) in [5.41, 5.74) is 5.86. The third-order valence-electron chi connectivity index (χ3n) is 4.45. The van der Waals surface area contributed by atoms with Crippen LogP contribution in [0.25, 0.3) is 22.8 Å². The van der Waals surface area contributed by atoms with E-state index >= 15 is 0 Å². The summed E-state index contributed by atoms with van der Waals surface area (Å²) >= 11 is 6.49. The molecule has 1 fully saturated rings. The SMILES string of the molecule is Cc1cc(C)nc(-c2cc(Cl)cc(-c3nc(C)cc(C)n3)c2B2OCCO2)n1. The van der Waals surface area contributed by atoms with Gasteiger partial charge in [0.15, 0.2) is 11.6 Å². The summed E-state index contributed by atoms with van der Waals surface area (Å²) in [6.45, 7) is 8.82. The van der Waals surface area contributed by atoms with Gasteiger partial charge in [0.25, 0.3) is 0 Å². The second-order valence-corrected chi connectivity index (χ2v) is 7.37. The van der Waals surface area contributed by atoms with Gasteiger partial charge in [0, 0.05) is 44.4 Å². The molecule has 0 spiro atoms. The minimum Gasteiger partial charge on any atom is -0.405 e. The van der Waals surface area contributed by atoms with Crippen LogP contribution in [0.3, 0.4) is 0 Å². The van der Waals surface area contributed by atoms with Gasteiger partial charge in [-0.2, -0.15) is 0 Å². The van der Waals surface area contributed by atoms with Crippen LogP contribution in [0.2, 0.25) is 5.02 Å². The van der Waals surface area contributed by atoms with Crippen molar-refractivity contribution >= 4 is 24.2 Å². The Hall–Kier alpha value is -2.35. The van der Waals surface area contributed by atoms with Crippen molar-refractivity contribution in [1.82, 2.24) is 19.9 Å². The highest BCUT2D eigenvalue weighted by molar-refractivity contribution is 6.65. The summed E-state index contributed by atoms with van der Waals surface area (Å²) in [5, 5.41) is 0.553. The van der Waals surface area contributed by atoms with Crippen molar-refractivity contribution in [1.29, 1.82) is 0 Å². The van der Waals surface area contributed by atoms with Gasteiger partial charge in [-0.05, 0) is 52.0 Å². The minimum absolute atomic E-state index is 0.521. The molecular formula is C20H20BClN4O2. The van der Waals surface area contributed by atoms with E-state index in [1.165, 1.54) is 0 Å². The summed E-state index contributed by atoms with van der Waals surface area (Å²) in [6.07, 6.45) is 0. The normalized spacial score (nSPS) is 14.0. The molecule has 0 aliphatic carbocycles. The van der Waals surface area contributed by atoms with E-state index in [1.54, 1.807) is 0 Å². The summed E-state index contributed by atoms with van der Waals surface area (Å²) < 4.78 is 11.7. The molecule has 1 aliphatic heterocycles. The Labute approximate surface area is 169 Å². The van der Waals surface area contributed by atoms with Gasteiger partial charge < -0.3 is 9.31 Å². The van der Waals surface area contributed by atoms with E-state index in [0.29, 0.717) is 29.9 Å². The first-order chi connectivity index (χ1) is 13.4. The average Bonchev–Trinajstić information content (AvgIpc) is 3.13. The molecule has 3 heterocycles. The van der Waals surface area contributed by atoms with Crippen molar-refractivity contribution < 1.29 is 9.31 Å². The standard InChI is InChI=1S/C20H20BClN4O2/c1-11-7-12(2)24-19(23-11)16-9-15(22)10-17(18(16)21-27-5-6-28-21)20-25-13(3)8-14(4)26-20/h7-10H,5-6H2,1-4H3. The summed E-state index contributed by atoms with van der Waals surface area (Å²) in [4.78, 5) is 18.5. The largest absolute Gasteiger partial charge is 0.495 e. The van der Waals surface area contributed by atoms with E-state index in [1.807, 2.05) is 52.0 Å². The number of benzene rings is 1. The molecule has 0 N–H and O–H groups in total. The van der Waals surface area contributed by atoms with Crippen LogP contribution in [0.15, 0.2) is 24.3 Å². The number of aromatic nitrogens is 4. The van der Waals surface area contributed by atoms with Crippen molar-refractivity contribution in [2.45, 2.75) is 27.7 Å². The van der Waals surface area contributed by atoms with Gasteiger partial charge >= 0.3 is 7.12 Å². The first kappa shape index (κ1) is 19.0. The van der Waals surface area contributed by atoms with Crippen LogP contribution in [0.5, 0.6) is 0 Å². The monoisotopic (exact) mass is 394 g/mol. The topological polar surface area (TPSA) is 70.0 Å². The van der Waals surface area contributed by atoms with Gasteiger partial charge in [0.2, 0.25) is 0 Å². The zero-order valence-electron chi connectivity index (χ0n) is 16.3. The lowest BCUT2D eigenvalue weighted by Crippen LogP contribution is -2.36. The molecule has 0 saturated carbocycles. The molecule has 2 aromatic heterocycles. The molecule has 1 aromatic carbocycles. The van der Waals surface area contributed by atoms with Crippen LogP contribution in [0.4, 0.5) is 0 Å². The quantitative estimate of drug-likeness (QED) is 0.635. The van der Waals surface area contributed by atoms with Crippen LogP contribution in [-0.4, -0.2) is 40.3 Å². The number of nitrogens with zero attached hydrogens (tertiary/aromatic N) is 4. The molecule has 4 rings (SSSR count). The predicted molar refractivity (Wildman–Crippen MR) is 110 cm³/mol. The van der Waals surface area contributed by atoms with Gasteiger partial charge in [-0.3, -0.25) is 0 Å². The molecule has 0 atom stereocenters. The smallest absolute Gasteiger partial charge is 0.405 e. The third-order valence-corrected chi connectivity index (χ3v) is 4.67. The molecule has 3 aromatic rings. The van der Waals surface area contributed by atoms with Crippen LogP contribution in [0, 0.1) is 27.7 Å². The zero-order chi connectivity index (χ0) is 19.8. The van der Waals surface area contributed by atoms with Crippen LogP contribution < -0.4 is 5.46 Å². The molecule has 1 saturated heterocycles. The highest BCUT2D eigenvalue weighted by Crippen LogP contribution is 2.28. The summed E-state index contributed by atoms with van der Waals surface area (Å²) in [7, 11) is -0.545. The molecular weight excluding hydrogens is 375 g/mol. The molecule has 0 bridgehead atoms. The van der Waals surface area contributed by atoms with E-state index in [4.69, 9.17) is 20.9 Å². The zero-order valence-corrected chi connectivity index (χ0v) is 17.0. The molecule has 8 heteroatoms. The van der Waals surface area contributed by atoms with Gasteiger partial charge in [-0.15, -0.1) is 0 Å². The van der Waals surface area contributed by atoms with Gasteiger partial charge in [0.05, 0.1) is 13.2 Å². The average molecular weight is 395 g/mol. The van der Waals surface area contributed by atoms with Gasteiger partial charge in [0.1, 0.15) is 0 Å². The lowest BCUT2D eigenvalue weighted by Gasteiger charge is -2.17. The van der Waals surface area contributed by atoms with E-state index in [-0.39, 0.29) is 0 Å². The molecule has 28 heavy (non-hydrogen) atoms. The molecule has 142 valence electrons. The first-order valence-corrected chi connectivity index (χ1v) is 9.50. The Kier molecular flexibility index (Phi) is 5.14. The molecule has 0 radical (unpaired) electrons. The minimum atomic E-state index is -0.545. The summed E-state index contributed by atoms with van der Waals surface area (Å²) in [5.74, 6) is 1.17. The van der Waals surface area contributed by atoms with E-state index in [2.05, 4.69) is 19.9 Å². The van der Waals surface area contributed by atoms with Gasteiger partial charge in [-0.25, -0.2) is 19.9 Å². The number of halogens is 1. The molecule has 0 unspecified atom stereocenters. The van der Waals surface area contributed by atoms with Crippen LogP contribution in [0.1, 0.15) is 22.8 Å². The Morgan fingerprint density at radius 3 is 1.50 bits per heavy atom. The molecule has 6 nitrogen and oxygen atoms in total. The Balaban J connectivity index is 2.01. The van der Waals surface area contributed by atoms with Crippen molar-refractivity contribution in [2.24, 2.45) is 0 Å². The van der Waals surface area contributed by atoms with Crippen LogP contribution >= 0.6 is 11.6 Å². The number of hydrogen-bond donors (Lipinski definition) is 0. The number of hydrogen-bond acceptors (Lipinski definition) is 6. The maximum atomic E-state index is 6.49. The van der Waals surface area contributed by atoms with Crippen molar-refractivity contribution in [2.75, 3.05) is 13.2 Å². The summed E-state index contributed by atoms with van der Waals surface area (Å²) in [6, 6.07) is 7.57. The number of aryl methyl sites for hydroxylation is 4. The Bertz CT molecular complexity index is 941. The molecule has 1 aliphatic rings. The fourth-order valence-corrected chi connectivity index (χ4v) is 3.68. The fourth-order valence-electron chi connectivity index (χ4n) is 3.46. The Morgan fingerprint density at radius 2 is 1.11 bits per heavy atom. The van der Waals surface area contributed by atoms with Gasteiger partial charge in [-0.1, -0.05) is 11.6 Å². The van der Waals surface area contributed by atoms with Crippen molar-refractivity contribution in [3.05, 3.63) is 52.1 Å². The lowest BCUT2D eigenvalue weighted by molar-refractivity contribution is 0.365. The van der Waals surface area contributed by atoms with E-state index < -0.39 is 7.12 Å². The van der Waals surface area contributed by atoms with Crippen molar-refractivity contribution in [3.8, 4) is 22.8 Å². The first-order valence-electron chi connectivity index (χ1n) is 9.12. The fraction of sp³-hybridized carbons (Fsp3) is 0.300. The van der Waals surface area contributed by atoms with E-state index in [9.17, 15) is 0 Å². The van der Waals surface area contributed by atoms with E-state index in [0.717, 1.165) is 39.4 Å². The number of rotatable bonds is 3. The third kappa shape index (κ3) is 3.78. The Morgan fingerprint density at radius 1 is 0.714 bits per heavy atom. The maximum absolute atomic E-state index is 6.49. The maximum Gasteiger partial charge on any atom is 0.495 e. The predicted octanol–water partition coefficient (Wildman–Crippen LogP) is 3.23. The van der Waals surface area contributed by atoms with Crippen LogP contribution in [-0.2, 0) is 9.31 Å². The highest BCUT2D eigenvalue weighted by Gasteiger charge is 2.34. The second kappa shape index (κ2) is 7.58. The second-order valence-electron chi connectivity index (χ2n) is 6.94. The molecule has 0 amide bonds. The lowest BCUT2D eigenvalue weighted by atomic mass is 9.72.